The van der Waals surface area contributed by atoms with Gasteiger partial charge in [-0.25, -0.2) is 0 Å². The first kappa shape index (κ1) is 18.7. The van der Waals surface area contributed by atoms with Crippen molar-refractivity contribution in [1.29, 1.82) is 0 Å². The molecule has 0 aliphatic carbocycles. The van der Waals surface area contributed by atoms with Crippen LogP contribution in [-0.2, 0) is 5.54 Å². The van der Waals surface area contributed by atoms with Gasteiger partial charge in [-0.3, -0.25) is 0 Å². The average molecular weight is 505 g/mol. The number of halogens is 2. The third-order valence-electron chi connectivity index (χ3n) is 5.62. The highest BCUT2D eigenvalue weighted by Crippen LogP contribution is 2.45. The third-order valence-corrected chi connectivity index (χ3v) is 6.68. The fourth-order valence-corrected chi connectivity index (χ4v) is 4.68. The second-order valence-corrected chi connectivity index (χ2v) is 9.44. The molecule has 0 aromatic heterocycles. The predicted molar refractivity (Wildman–Crippen MR) is 130 cm³/mol. The van der Waals surface area contributed by atoms with Crippen LogP contribution in [0.5, 0.6) is 0 Å². The van der Waals surface area contributed by atoms with E-state index < -0.39 is 0 Å². The van der Waals surface area contributed by atoms with Crippen LogP contribution in [0, 0.1) is 0 Å². The van der Waals surface area contributed by atoms with Gasteiger partial charge in [-0.1, -0.05) is 86.5 Å². The van der Waals surface area contributed by atoms with Gasteiger partial charge >= 0.3 is 0 Å². The van der Waals surface area contributed by atoms with Crippen LogP contribution in [0.2, 0.25) is 0 Å². The van der Waals surface area contributed by atoms with Crippen LogP contribution >= 0.6 is 31.9 Å². The summed E-state index contributed by atoms with van der Waals surface area (Å²) in [5, 5.41) is 6.33. The van der Waals surface area contributed by atoms with Crippen LogP contribution in [0.1, 0.15) is 23.6 Å². The molecule has 4 aromatic carbocycles. The molecule has 0 fully saturated rings. The fourth-order valence-electron chi connectivity index (χ4n) is 4.15. The monoisotopic (exact) mass is 503 g/mol. The molecule has 1 aliphatic rings. The molecule has 4 aromatic rings. The highest BCUT2D eigenvalue weighted by atomic mass is 79.9. The maximum atomic E-state index is 3.81. The molecule has 0 bridgehead atoms. The van der Waals surface area contributed by atoms with Crippen molar-refractivity contribution in [1.82, 2.24) is 0 Å². The number of anilines is 1. The summed E-state index contributed by atoms with van der Waals surface area (Å²) in [5.41, 5.74) is 5.83. The summed E-state index contributed by atoms with van der Waals surface area (Å²) >= 11 is 7.13. The number of rotatable bonds is 2. The molecular formula is C26H19Br2N. The highest BCUT2D eigenvalue weighted by Gasteiger charge is 2.31. The molecule has 0 saturated heterocycles. The summed E-state index contributed by atoms with van der Waals surface area (Å²) in [6.45, 7) is 2.24. The molecule has 1 atom stereocenters. The normalized spacial score (nSPS) is 18.1. The highest BCUT2D eigenvalue weighted by molar-refractivity contribution is 9.10. The van der Waals surface area contributed by atoms with Crippen molar-refractivity contribution in [3.05, 3.63) is 117 Å². The Morgan fingerprint density at radius 1 is 0.724 bits per heavy atom. The summed E-state index contributed by atoms with van der Waals surface area (Å²) in [6.07, 6.45) is 2.37. The van der Waals surface area contributed by atoms with Crippen molar-refractivity contribution in [2.45, 2.75) is 12.5 Å². The predicted octanol–water partition coefficient (Wildman–Crippen LogP) is 8.14. The maximum Gasteiger partial charge on any atom is 0.0790 e. The number of benzene rings is 4. The van der Waals surface area contributed by atoms with Crippen LogP contribution in [0.25, 0.3) is 16.3 Å². The molecule has 1 N–H and O–H groups in total. The van der Waals surface area contributed by atoms with Crippen LogP contribution in [0.4, 0.5) is 5.69 Å². The van der Waals surface area contributed by atoms with E-state index in [0.717, 1.165) is 14.6 Å². The Balaban J connectivity index is 1.79. The molecule has 0 radical (unpaired) electrons. The van der Waals surface area contributed by atoms with Crippen molar-refractivity contribution in [3.63, 3.8) is 0 Å². The Labute approximate surface area is 187 Å². The van der Waals surface area contributed by atoms with E-state index in [-0.39, 0.29) is 5.54 Å². The fraction of sp³-hybridized carbons (Fsp3) is 0.0769. The molecule has 0 amide bonds. The summed E-state index contributed by atoms with van der Waals surface area (Å²) < 4.78 is 2.17. The number of hydrogen-bond donors (Lipinski definition) is 1. The second kappa shape index (κ2) is 7.16. The Bertz CT molecular complexity index is 1240. The van der Waals surface area contributed by atoms with Crippen LogP contribution in [0.3, 0.4) is 0 Å². The molecule has 0 spiro atoms. The van der Waals surface area contributed by atoms with E-state index in [0.29, 0.717) is 0 Å². The Kier molecular flexibility index (Phi) is 4.60. The van der Waals surface area contributed by atoms with Crippen molar-refractivity contribution in [2.75, 3.05) is 5.32 Å². The van der Waals surface area contributed by atoms with Crippen molar-refractivity contribution in [2.24, 2.45) is 0 Å². The summed E-state index contributed by atoms with van der Waals surface area (Å²) in [7, 11) is 0. The molecule has 1 nitrogen and oxygen atoms in total. The molecule has 3 heteroatoms. The Hall–Kier alpha value is -2.36. The lowest BCUT2D eigenvalue weighted by molar-refractivity contribution is 0.686. The van der Waals surface area contributed by atoms with E-state index in [1.807, 2.05) is 0 Å². The summed E-state index contributed by atoms with van der Waals surface area (Å²) in [6, 6.07) is 30.2. The lowest BCUT2D eigenvalue weighted by atomic mass is 9.80. The van der Waals surface area contributed by atoms with E-state index in [4.69, 9.17) is 0 Å². The van der Waals surface area contributed by atoms with E-state index >= 15 is 0 Å². The second-order valence-electron chi connectivity index (χ2n) is 7.61. The molecule has 29 heavy (non-hydrogen) atoms. The van der Waals surface area contributed by atoms with Gasteiger partial charge in [0.2, 0.25) is 0 Å². The number of fused-ring (bicyclic) bond motifs is 3. The van der Waals surface area contributed by atoms with Crippen LogP contribution < -0.4 is 5.32 Å². The van der Waals surface area contributed by atoms with Gasteiger partial charge in [0.1, 0.15) is 0 Å². The Morgan fingerprint density at radius 2 is 1.38 bits per heavy atom. The van der Waals surface area contributed by atoms with Gasteiger partial charge in [0.25, 0.3) is 0 Å². The van der Waals surface area contributed by atoms with Gasteiger partial charge in [-0.15, -0.1) is 0 Å². The van der Waals surface area contributed by atoms with Crippen molar-refractivity contribution >= 4 is 53.9 Å². The third kappa shape index (κ3) is 3.33. The van der Waals surface area contributed by atoms with Gasteiger partial charge in [0.05, 0.1) is 5.54 Å². The van der Waals surface area contributed by atoms with Crippen molar-refractivity contribution in [3.8, 4) is 0 Å². The first-order valence-corrected chi connectivity index (χ1v) is 11.2. The average Bonchev–Trinajstić information content (AvgIpc) is 2.74. The zero-order valence-electron chi connectivity index (χ0n) is 15.9. The molecule has 1 aliphatic heterocycles. The minimum atomic E-state index is -0.307. The molecule has 142 valence electrons. The van der Waals surface area contributed by atoms with E-state index in [1.54, 1.807) is 0 Å². The standard InChI is InChI=1S/C26H19Br2N/c1-26(19-9-13-21(28)14-10-19)16-23(18-6-11-20(27)12-7-18)25-22-5-3-2-4-17(22)8-15-24(25)29-26/h2-16,29H,1H3. The largest absolute Gasteiger partial charge is 0.372 e. The quantitative estimate of drug-likeness (QED) is 0.290. The minimum Gasteiger partial charge on any atom is -0.372 e. The summed E-state index contributed by atoms with van der Waals surface area (Å²) in [4.78, 5) is 0. The van der Waals surface area contributed by atoms with Crippen LogP contribution in [0.15, 0.2) is 100.0 Å². The zero-order chi connectivity index (χ0) is 20.0. The molecular weight excluding hydrogens is 486 g/mol. The minimum absolute atomic E-state index is 0.307. The van der Waals surface area contributed by atoms with Gasteiger partial charge in [0.15, 0.2) is 0 Å². The van der Waals surface area contributed by atoms with Crippen molar-refractivity contribution < 1.29 is 0 Å². The molecule has 1 heterocycles. The molecule has 5 rings (SSSR count). The van der Waals surface area contributed by atoms with Gasteiger partial charge in [-0.05, 0) is 70.8 Å². The smallest absolute Gasteiger partial charge is 0.0790 e. The topological polar surface area (TPSA) is 12.0 Å². The van der Waals surface area contributed by atoms with Crippen LogP contribution in [-0.4, -0.2) is 0 Å². The van der Waals surface area contributed by atoms with Gasteiger partial charge < -0.3 is 5.32 Å². The van der Waals surface area contributed by atoms with E-state index in [1.165, 1.54) is 33.0 Å². The summed E-state index contributed by atoms with van der Waals surface area (Å²) in [5.74, 6) is 0. The maximum absolute atomic E-state index is 3.81. The number of nitrogens with one attached hydrogen (secondary N) is 1. The SMILES string of the molecule is CC1(c2ccc(Br)cc2)C=C(c2ccc(Br)cc2)c2c(ccc3ccccc23)N1. The lowest BCUT2D eigenvalue weighted by Crippen LogP contribution is -2.33. The first-order chi connectivity index (χ1) is 14.0. The molecule has 1 unspecified atom stereocenters. The van der Waals surface area contributed by atoms with Gasteiger partial charge in [-0.2, -0.15) is 0 Å². The number of hydrogen-bond acceptors (Lipinski definition) is 1. The first-order valence-electron chi connectivity index (χ1n) is 9.59. The molecule has 0 saturated carbocycles. The Morgan fingerprint density at radius 3 is 2.10 bits per heavy atom. The van der Waals surface area contributed by atoms with Gasteiger partial charge in [0, 0.05) is 20.2 Å². The van der Waals surface area contributed by atoms with E-state index in [9.17, 15) is 0 Å². The zero-order valence-corrected chi connectivity index (χ0v) is 19.1. The lowest BCUT2D eigenvalue weighted by Gasteiger charge is -2.36. The van der Waals surface area contributed by atoms with E-state index in [2.05, 4.69) is 135 Å².